The number of thiol groups is 1. The zero-order valence-electron chi connectivity index (χ0n) is 19.8. The number of ether oxygens (including phenoxy) is 2. The normalized spacial score (nSPS) is 14.3. The summed E-state index contributed by atoms with van der Waals surface area (Å²) < 4.78 is 38.8. The zero-order valence-corrected chi connectivity index (χ0v) is 20.7. The predicted octanol–water partition coefficient (Wildman–Crippen LogP) is 4.81. The molecule has 0 saturated carbocycles. The van der Waals surface area contributed by atoms with Crippen LogP contribution in [-0.4, -0.2) is 34.6 Å². The van der Waals surface area contributed by atoms with E-state index >= 15 is 4.39 Å². The molecule has 2 rings (SSSR count). The molecular formula is C23H29F2N6O3S+. The Morgan fingerprint density at radius 1 is 1.34 bits per heavy atom. The van der Waals surface area contributed by atoms with Crippen LogP contribution < -0.4 is 24.8 Å². The lowest BCUT2D eigenvalue weighted by Crippen LogP contribution is -2.48. The van der Waals surface area contributed by atoms with E-state index in [9.17, 15) is 9.60 Å². The number of halogens is 2. The average Bonchev–Trinajstić information content (AvgIpc) is 2.81. The molecule has 0 aliphatic carbocycles. The van der Waals surface area contributed by atoms with Gasteiger partial charge in [0.25, 0.3) is 11.6 Å². The Hall–Kier alpha value is -3.48. The summed E-state index contributed by atoms with van der Waals surface area (Å²) in [7, 11) is 1.29. The molecule has 0 radical (unpaired) electrons. The SMILES string of the molecule is C\C=C/C(N[N+](O)(S)c1cc(F)cnc1OC)=C(F)\C(=C\CC)COc1cnc(N)c(C(C)=N)c1. The smallest absolute Gasteiger partial charge is 0.283 e. The fourth-order valence-corrected chi connectivity index (χ4v) is 3.23. The van der Waals surface area contributed by atoms with Gasteiger partial charge in [0.2, 0.25) is 0 Å². The summed E-state index contributed by atoms with van der Waals surface area (Å²) in [5.74, 6) is -1.12. The fraction of sp³-hybridized carbons (Fsp3) is 0.261. The molecule has 188 valence electrons. The summed E-state index contributed by atoms with van der Waals surface area (Å²) in [6.07, 6.45) is 7.31. The van der Waals surface area contributed by atoms with E-state index in [2.05, 4.69) is 28.2 Å². The summed E-state index contributed by atoms with van der Waals surface area (Å²) in [6, 6.07) is 2.51. The molecule has 0 aliphatic heterocycles. The Bertz CT molecular complexity index is 1170. The molecule has 9 nitrogen and oxygen atoms in total. The molecule has 0 spiro atoms. The van der Waals surface area contributed by atoms with E-state index in [1.165, 1.54) is 19.4 Å². The van der Waals surface area contributed by atoms with Gasteiger partial charge in [0, 0.05) is 27.1 Å². The minimum atomic E-state index is -1.45. The van der Waals surface area contributed by atoms with E-state index in [0.717, 1.165) is 12.3 Å². The van der Waals surface area contributed by atoms with Crippen molar-refractivity contribution in [2.24, 2.45) is 0 Å². The lowest BCUT2D eigenvalue weighted by molar-refractivity contribution is -0.0118. The maximum absolute atomic E-state index is 15.7. The summed E-state index contributed by atoms with van der Waals surface area (Å²) in [6.45, 7) is 4.86. The minimum absolute atomic E-state index is 0.113. The van der Waals surface area contributed by atoms with Gasteiger partial charge in [-0.2, -0.15) is 10.6 Å². The molecular weight excluding hydrogens is 478 g/mol. The van der Waals surface area contributed by atoms with Gasteiger partial charge in [0.15, 0.2) is 5.83 Å². The molecule has 0 aromatic carbocycles. The summed E-state index contributed by atoms with van der Waals surface area (Å²) in [5.41, 5.74) is 8.71. The van der Waals surface area contributed by atoms with Crippen LogP contribution in [0.25, 0.3) is 0 Å². The first-order valence-electron chi connectivity index (χ1n) is 10.5. The molecule has 0 bridgehead atoms. The van der Waals surface area contributed by atoms with Gasteiger partial charge >= 0.3 is 0 Å². The number of rotatable bonds is 11. The molecule has 2 aromatic rings. The van der Waals surface area contributed by atoms with Gasteiger partial charge in [-0.1, -0.05) is 19.1 Å². The third-order valence-corrected chi connectivity index (χ3v) is 4.91. The van der Waals surface area contributed by atoms with E-state index in [1.54, 1.807) is 32.1 Å². The number of aromatic nitrogens is 2. The number of methoxy groups -OCH3 is 1. The molecule has 2 aromatic heterocycles. The molecule has 35 heavy (non-hydrogen) atoms. The third-order valence-electron chi connectivity index (χ3n) is 4.60. The van der Waals surface area contributed by atoms with Crippen molar-refractivity contribution >= 4 is 30.0 Å². The van der Waals surface area contributed by atoms with E-state index in [1.807, 2.05) is 6.92 Å². The highest BCUT2D eigenvalue weighted by atomic mass is 32.1. The van der Waals surface area contributed by atoms with Gasteiger partial charge in [-0.3, -0.25) is 0 Å². The first-order chi connectivity index (χ1) is 16.5. The Morgan fingerprint density at radius 3 is 2.66 bits per heavy atom. The second-order valence-electron chi connectivity index (χ2n) is 7.28. The van der Waals surface area contributed by atoms with Gasteiger partial charge < -0.3 is 20.6 Å². The van der Waals surface area contributed by atoms with Crippen molar-refractivity contribution in [1.82, 2.24) is 19.6 Å². The Kier molecular flexibility index (Phi) is 9.75. The number of nitrogens with one attached hydrogen (secondary N) is 2. The predicted molar refractivity (Wildman–Crippen MR) is 134 cm³/mol. The number of anilines is 1. The van der Waals surface area contributed by atoms with Gasteiger partial charge in [0.05, 0.1) is 19.5 Å². The quantitative estimate of drug-likeness (QED) is 0.0971. The van der Waals surface area contributed by atoms with Crippen molar-refractivity contribution < 1.29 is 23.5 Å². The van der Waals surface area contributed by atoms with Crippen LogP contribution in [0, 0.1) is 11.2 Å². The highest BCUT2D eigenvalue weighted by molar-refractivity contribution is 7.79. The highest BCUT2D eigenvalue weighted by Gasteiger charge is 2.34. The topological polar surface area (TPSA) is 126 Å². The Labute approximate surface area is 208 Å². The number of pyridine rings is 2. The van der Waals surface area contributed by atoms with Crippen LogP contribution in [0.2, 0.25) is 0 Å². The minimum Gasteiger partial charge on any atom is -0.487 e. The molecule has 5 N–H and O–H groups in total. The van der Waals surface area contributed by atoms with Crippen LogP contribution in [0.15, 0.2) is 59.9 Å². The van der Waals surface area contributed by atoms with E-state index in [0.29, 0.717) is 17.7 Å². The van der Waals surface area contributed by atoms with Gasteiger partial charge in [-0.05, 0) is 32.4 Å². The van der Waals surface area contributed by atoms with Gasteiger partial charge in [0.1, 0.15) is 42.5 Å². The number of hydrogen-bond acceptors (Lipinski definition) is 9. The Balaban J connectivity index is 2.40. The largest absolute Gasteiger partial charge is 0.487 e. The third kappa shape index (κ3) is 7.25. The van der Waals surface area contributed by atoms with Crippen molar-refractivity contribution in [2.45, 2.75) is 27.2 Å². The number of nitrogens with two attached hydrogens (primary N) is 1. The molecule has 1 atom stereocenters. The van der Waals surface area contributed by atoms with Crippen LogP contribution in [0.1, 0.15) is 32.8 Å². The van der Waals surface area contributed by atoms with Crippen molar-refractivity contribution in [3.05, 3.63) is 71.2 Å². The standard InChI is InChI=1S/C23H29F2N6O3S/c1-5-7-15(13-34-17-10-18(14(3)26)22(27)28-12-17)21(25)19(8-6-2)30-31(32,35)20-9-16(24)11-29-23(20)33-4/h6-12,26,30,32,35H,5,13H2,1-4H3,(H2,27,28)/q+1/b8-6-,15-7+,21-19-,26-14?. The maximum Gasteiger partial charge on any atom is 0.283 e. The van der Waals surface area contributed by atoms with Gasteiger partial charge in [-0.15, -0.1) is 0 Å². The first-order valence-corrected chi connectivity index (χ1v) is 10.9. The van der Waals surface area contributed by atoms with Crippen LogP contribution >= 0.6 is 12.8 Å². The van der Waals surface area contributed by atoms with Crippen molar-refractivity contribution in [1.29, 1.82) is 5.41 Å². The molecule has 0 amide bonds. The monoisotopic (exact) mass is 507 g/mol. The number of hydrogen-bond donors (Lipinski definition) is 5. The number of nitrogens with zero attached hydrogens (tertiary/aromatic N) is 3. The van der Waals surface area contributed by atoms with Crippen LogP contribution in [-0.2, 0) is 0 Å². The van der Waals surface area contributed by atoms with Crippen LogP contribution in [0.5, 0.6) is 11.6 Å². The number of nitrogen functional groups attached to an aromatic ring is 1. The van der Waals surface area contributed by atoms with Crippen molar-refractivity contribution in [2.75, 3.05) is 19.5 Å². The fourth-order valence-electron chi connectivity index (χ4n) is 2.98. The lowest BCUT2D eigenvalue weighted by Gasteiger charge is -2.24. The van der Waals surface area contributed by atoms with E-state index < -0.39 is 15.8 Å². The molecule has 1 unspecified atom stereocenters. The Morgan fingerprint density at radius 2 is 2.06 bits per heavy atom. The molecule has 0 fully saturated rings. The lowest BCUT2D eigenvalue weighted by atomic mass is 10.1. The van der Waals surface area contributed by atoms with Crippen molar-refractivity contribution in [3.8, 4) is 11.6 Å². The van der Waals surface area contributed by atoms with Crippen LogP contribution in [0.3, 0.4) is 0 Å². The molecule has 2 heterocycles. The summed E-state index contributed by atoms with van der Waals surface area (Å²) >= 11 is 4.11. The zero-order chi connectivity index (χ0) is 26.2. The van der Waals surface area contributed by atoms with E-state index in [-0.39, 0.29) is 41.0 Å². The maximum atomic E-state index is 15.7. The van der Waals surface area contributed by atoms with Crippen molar-refractivity contribution in [3.63, 3.8) is 0 Å². The van der Waals surface area contributed by atoms with Crippen LogP contribution in [0.4, 0.5) is 20.3 Å². The van der Waals surface area contributed by atoms with Gasteiger partial charge in [-0.25, -0.2) is 18.7 Å². The highest BCUT2D eigenvalue weighted by Crippen LogP contribution is 2.32. The first kappa shape index (κ1) is 27.8. The number of quaternary nitrogens is 1. The molecule has 12 heteroatoms. The molecule has 0 aliphatic rings. The average molecular weight is 508 g/mol. The second kappa shape index (κ2) is 12.3. The second-order valence-corrected chi connectivity index (χ2v) is 7.86. The summed E-state index contributed by atoms with van der Waals surface area (Å²) in [5, 5.41) is 18.7. The number of allylic oxidation sites excluding steroid dienone is 3. The summed E-state index contributed by atoms with van der Waals surface area (Å²) in [4.78, 5) is 7.77. The van der Waals surface area contributed by atoms with E-state index in [4.69, 9.17) is 20.6 Å². The molecule has 0 saturated heterocycles.